The van der Waals surface area contributed by atoms with Crippen LogP contribution in [0, 0.1) is 11.8 Å². The van der Waals surface area contributed by atoms with E-state index in [1.807, 2.05) is 0 Å². The standard InChI is InChI=1S/C24H33F6N2O2/c1-17(2)11-18-3-7-32(8-4-18,16-22(33)31-5-9-34-10-6-31)15-19-12-20(23(25,26)27)14-21(13-19)24(28,29)30/h12-14,17-18H,3-11,15-16H2,1-2H3/q+1. The Labute approximate surface area is 196 Å². The van der Waals surface area contributed by atoms with E-state index < -0.39 is 23.5 Å². The molecule has 10 heteroatoms. The van der Waals surface area contributed by atoms with E-state index in [-0.39, 0.29) is 35.1 Å². The SMILES string of the molecule is CC(C)CC1CC[N+](CC(=O)N2CCOCC2)(Cc2cc(C(F)(F)F)cc(C(F)(F)F)c2)CC1. The van der Waals surface area contributed by atoms with Gasteiger partial charge in [0.2, 0.25) is 0 Å². The molecular formula is C24H33F6N2O2+. The molecule has 2 aliphatic heterocycles. The van der Waals surface area contributed by atoms with Crippen molar-refractivity contribution in [2.75, 3.05) is 45.9 Å². The summed E-state index contributed by atoms with van der Waals surface area (Å²) in [6, 6.07) is 1.75. The Hall–Kier alpha value is -1.81. The first-order valence-electron chi connectivity index (χ1n) is 11.8. The number of quaternary nitrogens is 1. The van der Waals surface area contributed by atoms with E-state index in [1.54, 1.807) is 4.90 Å². The van der Waals surface area contributed by atoms with Gasteiger partial charge in [-0.3, -0.25) is 4.79 Å². The Balaban J connectivity index is 1.90. The molecule has 0 unspecified atom stereocenters. The second-order valence-corrected chi connectivity index (χ2v) is 10.1. The molecule has 0 bridgehead atoms. The number of hydrogen-bond acceptors (Lipinski definition) is 2. The number of hydrogen-bond donors (Lipinski definition) is 0. The van der Waals surface area contributed by atoms with Crippen molar-refractivity contribution in [1.82, 2.24) is 4.90 Å². The van der Waals surface area contributed by atoms with Crippen LogP contribution in [0.3, 0.4) is 0 Å². The summed E-state index contributed by atoms with van der Waals surface area (Å²) in [6.07, 6.45) is -7.19. The molecule has 3 rings (SSSR count). The van der Waals surface area contributed by atoms with E-state index in [1.165, 1.54) is 0 Å². The molecule has 2 heterocycles. The molecular weight excluding hydrogens is 462 g/mol. The van der Waals surface area contributed by atoms with E-state index >= 15 is 0 Å². The molecule has 0 radical (unpaired) electrons. The van der Waals surface area contributed by atoms with Crippen LogP contribution in [0.25, 0.3) is 0 Å². The molecule has 2 saturated heterocycles. The molecule has 0 saturated carbocycles. The van der Waals surface area contributed by atoms with Gasteiger partial charge in [-0.2, -0.15) is 26.3 Å². The van der Waals surface area contributed by atoms with Crippen molar-refractivity contribution in [3.8, 4) is 0 Å². The largest absolute Gasteiger partial charge is 0.416 e. The van der Waals surface area contributed by atoms with Gasteiger partial charge in [-0.25, -0.2) is 0 Å². The Morgan fingerprint density at radius 2 is 1.53 bits per heavy atom. The molecule has 1 amide bonds. The lowest BCUT2D eigenvalue weighted by Gasteiger charge is -2.44. The van der Waals surface area contributed by atoms with Crippen molar-refractivity contribution in [3.05, 3.63) is 34.9 Å². The van der Waals surface area contributed by atoms with Gasteiger partial charge in [0, 0.05) is 18.7 Å². The summed E-state index contributed by atoms with van der Waals surface area (Å²) in [5, 5.41) is 0. The predicted octanol–water partition coefficient (Wildman–Crippen LogP) is 5.36. The third kappa shape index (κ3) is 7.10. The van der Waals surface area contributed by atoms with E-state index in [2.05, 4.69) is 13.8 Å². The monoisotopic (exact) mass is 495 g/mol. The summed E-state index contributed by atoms with van der Waals surface area (Å²) in [6.45, 7) is 7.09. The van der Waals surface area contributed by atoms with Gasteiger partial charge in [0.15, 0.2) is 6.54 Å². The fourth-order valence-electron chi connectivity index (χ4n) is 5.14. The lowest BCUT2D eigenvalue weighted by atomic mass is 9.87. The molecule has 0 atom stereocenters. The zero-order valence-corrected chi connectivity index (χ0v) is 19.6. The zero-order valence-electron chi connectivity index (χ0n) is 19.6. The molecule has 0 spiro atoms. The fraction of sp³-hybridized carbons (Fsp3) is 0.708. The predicted molar refractivity (Wildman–Crippen MR) is 115 cm³/mol. The number of morpholine rings is 1. The van der Waals surface area contributed by atoms with E-state index in [0.717, 1.165) is 31.4 Å². The Morgan fingerprint density at radius 1 is 1.00 bits per heavy atom. The van der Waals surface area contributed by atoms with Gasteiger partial charge in [-0.05, 0) is 49.3 Å². The minimum atomic E-state index is -4.89. The van der Waals surface area contributed by atoms with E-state index in [9.17, 15) is 31.1 Å². The third-order valence-corrected chi connectivity index (χ3v) is 6.83. The number of ether oxygens (including phenoxy) is 1. The van der Waals surface area contributed by atoms with Crippen molar-refractivity contribution >= 4 is 5.91 Å². The molecule has 192 valence electrons. The van der Waals surface area contributed by atoms with Crippen LogP contribution >= 0.6 is 0 Å². The van der Waals surface area contributed by atoms with Crippen molar-refractivity contribution in [3.63, 3.8) is 0 Å². The van der Waals surface area contributed by atoms with Gasteiger partial charge in [0.05, 0.1) is 37.4 Å². The van der Waals surface area contributed by atoms with Gasteiger partial charge < -0.3 is 14.1 Å². The molecule has 4 nitrogen and oxygen atoms in total. The number of carbonyl (C=O) groups excluding carboxylic acids is 1. The van der Waals surface area contributed by atoms with Crippen LogP contribution in [-0.4, -0.2) is 61.2 Å². The highest BCUT2D eigenvalue weighted by Gasteiger charge is 2.41. The number of carbonyl (C=O) groups is 1. The first-order chi connectivity index (χ1) is 15.8. The normalized spacial score (nSPS) is 24.5. The number of halogens is 6. The maximum absolute atomic E-state index is 13.4. The van der Waals surface area contributed by atoms with Crippen LogP contribution in [0.15, 0.2) is 18.2 Å². The summed E-state index contributed by atoms with van der Waals surface area (Å²) in [4.78, 5) is 14.7. The summed E-state index contributed by atoms with van der Waals surface area (Å²) < 4.78 is 85.8. The minimum Gasteiger partial charge on any atom is -0.378 e. The van der Waals surface area contributed by atoms with Gasteiger partial charge in [0.1, 0.15) is 6.54 Å². The summed E-state index contributed by atoms with van der Waals surface area (Å²) in [7, 11) is 0. The average molecular weight is 496 g/mol. The van der Waals surface area contributed by atoms with Crippen molar-refractivity contribution in [1.29, 1.82) is 0 Å². The van der Waals surface area contributed by atoms with Gasteiger partial charge >= 0.3 is 12.4 Å². The van der Waals surface area contributed by atoms with Crippen LogP contribution in [0.1, 0.15) is 49.8 Å². The first kappa shape index (κ1) is 26.8. The van der Waals surface area contributed by atoms with Crippen molar-refractivity contribution < 1.29 is 40.4 Å². The number of alkyl halides is 6. The highest BCUT2D eigenvalue weighted by atomic mass is 19.4. The number of amides is 1. The Morgan fingerprint density at radius 3 is 2.00 bits per heavy atom. The quantitative estimate of drug-likeness (QED) is 0.393. The van der Waals surface area contributed by atoms with Crippen LogP contribution in [0.5, 0.6) is 0 Å². The number of likely N-dealkylation sites (tertiary alicyclic amines) is 1. The van der Waals surface area contributed by atoms with Crippen LogP contribution in [-0.2, 0) is 28.4 Å². The van der Waals surface area contributed by atoms with Crippen LogP contribution in [0.2, 0.25) is 0 Å². The van der Waals surface area contributed by atoms with Crippen molar-refractivity contribution in [2.45, 2.75) is 52.0 Å². The van der Waals surface area contributed by atoms with Gasteiger partial charge in [0.25, 0.3) is 5.91 Å². The molecule has 2 aliphatic rings. The van der Waals surface area contributed by atoms with Crippen LogP contribution < -0.4 is 0 Å². The molecule has 2 fully saturated rings. The smallest absolute Gasteiger partial charge is 0.378 e. The maximum Gasteiger partial charge on any atom is 0.416 e. The molecule has 1 aromatic carbocycles. The lowest BCUT2D eigenvalue weighted by Crippen LogP contribution is -2.58. The highest BCUT2D eigenvalue weighted by Crippen LogP contribution is 2.38. The molecule has 0 aromatic heterocycles. The Bertz CT molecular complexity index is 807. The van der Waals surface area contributed by atoms with Gasteiger partial charge in [-0.15, -0.1) is 0 Å². The Kier molecular flexibility index (Phi) is 8.22. The third-order valence-electron chi connectivity index (χ3n) is 6.83. The fourth-order valence-corrected chi connectivity index (χ4v) is 5.14. The molecule has 1 aromatic rings. The zero-order chi connectivity index (χ0) is 25.1. The summed E-state index contributed by atoms with van der Waals surface area (Å²) in [5.41, 5.74) is -2.67. The van der Waals surface area contributed by atoms with Crippen molar-refractivity contribution in [2.24, 2.45) is 11.8 Å². The first-order valence-corrected chi connectivity index (χ1v) is 11.8. The van der Waals surface area contributed by atoms with Gasteiger partial charge in [-0.1, -0.05) is 13.8 Å². The van der Waals surface area contributed by atoms with Crippen LogP contribution in [0.4, 0.5) is 26.3 Å². The minimum absolute atomic E-state index is 0.0424. The van der Waals surface area contributed by atoms with E-state index in [4.69, 9.17) is 4.74 Å². The number of rotatable bonds is 6. The summed E-state index contributed by atoms with van der Waals surface area (Å²) in [5.74, 6) is 0.809. The topological polar surface area (TPSA) is 29.5 Å². The summed E-state index contributed by atoms with van der Waals surface area (Å²) >= 11 is 0. The molecule has 0 aliphatic carbocycles. The number of benzene rings is 1. The highest BCUT2D eigenvalue weighted by molar-refractivity contribution is 5.77. The van der Waals surface area contributed by atoms with E-state index in [0.29, 0.717) is 51.2 Å². The maximum atomic E-state index is 13.4. The molecule has 34 heavy (non-hydrogen) atoms. The number of nitrogens with zero attached hydrogens (tertiary/aromatic N) is 2. The molecule has 0 N–H and O–H groups in total. The number of piperidine rings is 1. The lowest BCUT2D eigenvalue weighted by molar-refractivity contribution is -0.939. The second kappa shape index (κ2) is 10.4. The second-order valence-electron chi connectivity index (χ2n) is 10.1. The average Bonchev–Trinajstić information content (AvgIpc) is 2.74.